The zero-order chi connectivity index (χ0) is 21.5. The Morgan fingerprint density at radius 3 is 2.23 bits per heavy atom. The van der Waals surface area contributed by atoms with Gasteiger partial charge in [0.2, 0.25) is 0 Å². The van der Waals surface area contributed by atoms with E-state index < -0.39 is 10.0 Å². The normalized spacial score (nSPS) is 11.7. The molecular weight excluding hydrogens is 394 g/mol. The number of rotatable bonds is 5. The molecule has 0 N–H and O–H groups in total. The number of para-hydroxylation sites is 1. The third-order valence-corrected chi connectivity index (χ3v) is 7.18. The lowest BCUT2D eigenvalue weighted by atomic mass is 9.98. The number of nitrogens with zero attached hydrogens (tertiary/aromatic N) is 1. The summed E-state index contributed by atoms with van der Waals surface area (Å²) in [6, 6.07) is 21.6. The second-order valence-electron chi connectivity index (χ2n) is 7.58. The first-order valence-corrected chi connectivity index (χ1v) is 11.2. The van der Waals surface area contributed by atoms with Crippen molar-refractivity contribution in [3.8, 4) is 0 Å². The molecule has 0 unspecified atom stereocenters. The van der Waals surface area contributed by atoms with E-state index in [1.54, 1.807) is 42.5 Å². The van der Waals surface area contributed by atoms with E-state index in [9.17, 15) is 13.2 Å². The van der Waals surface area contributed by atoms with E-state index in [1.165, 1.54) is 10.9 Å². The summed E-state index contributed by atoms with van der Waals surface area (Å²) in [5.74, 6) is -0.145. The second-order valence-corrected chi connectivity index (χ2v) is 9.37. The molecule has 4 rings (SSSR count). The summed E-state index contributed by atoms with van der Waals surface area (Å²) >= 11 is 0. The number of fused-ring (bicyclic) bond motifs is 1. The van der Waals surface area contributed by atoms with Crippen LogP contribution in [0, 0.1) is 13.8 Å². The van der Waals surface area contributed by atoms with Crippen LogP contribution in [-0.4, -0.2) is 18.2 Å². The number of aromatic nitrogens is 1. The van der Waals surface area contributed by atoms with E-state index in [1.807, 2.05) is 38.1 Å². The fourth-order valence-corrected chi connectivity index (χ4v) is 5.59. The molecular formula is C25H23NO3S. The van der Waals surface area contributed by atoms with E-state index in [2.05, 4.69) is 6.07 Å². The van der Waals surface area contributed by atoms with Crippen molar-refractivity contribution in [3.63, 3.8) is 0 Å². The summed E-state index contributed by atoms with van der Waals surface area (Å²) in [6.07, 6.45) is 0.349. The second kappa shape index (κ2) is 7.58. The molecule has 0 spiro atoms. The summed E-state index contributed by atoms with van der Waals surface area (Å²) in [5.41, 5.74) is 4.69. The van der Waals surface area contributed by atoms with Crippen LogP contribution in [0.2, 0.25) is 0 Å². The van der Waals surface area contributed by atoms with Gasteiger partial charge >= 0.3 is 0 Å². The van der Waals surface area contributed by atoms with E-state index in [0.29, 0.717) is 28.6 Å². The fraction of sp³-hybridized carbons (Fsp3) is 0.160. The molecule has 0 saturated heterocycles. The molecule has 0 atom stereocenters. The van der Waals surface area contributed by atoms with E-state index in [4.69, 9.17) is 0 Å². The van der Waals surface area contributed by atoms with Gasteiger partial charge in [0.05, 0.1) is 16.1 Å². The molecule has 0 aliphatic rings. The van der Waals surface area contributed by atoms with Crippen LogP contribution >= 0.6 is 0 Å². The Balaban J connectivity index is 2.06. The van der Waals surface area contributed by atoms with Gasteiger partial charge in [-0.05, 0) is 50.1 Å². The third-order valence-electron chi connectivity index (χ3n) is 5.42. The van der Waals surface area contributed by atoms with Gasteiger partial charge in [0.1, 0.15) is 0 Å². The maximum absolute atomic E-state index is 13.7. The Morgan fingerprint density at radius 1 is 0.900 bits per heavy atom. The van der Waals surface area contributed by atoms with Gasteiger partial charge in [-0.15, -0.1) is 0 Å². The SMILES string of the molecule is CC(=O)c1c(Cc2ccc(C)cc2C)n(S(=O)(=O)c2ccccc2)c2ccccc12. The number of carbonyl (C=O) groups is 1. The van der Waals surface area contributed by atoms with Gasteiger partial charge in [-0.1, -0.05) is 60.2 Å². The van der Waals surface area contributed by atoms with Gasteiger partial charge in [-0.2, -0.15) is 0 Å². The molecule has 4 aromatic rings. The summed E-state index contributed by atoms with van der Waals surface area (Å²) < 4.78 is 28.7. The lowest BCUT2D eigenvalue weighted by Crippen LogP contribution is -2.17. The minimum Gasteiger partial charge on any atom is -0.294 e. The molecule has 0 bridgehead atoms. The average molecular weight is 418 g/mol. The van der Waals surface area contributed by atoms with Crippen LogP contribution in [0.4, 0.5) is 0 Å². The molecule has 1 aromatic heterocycles. The van der Waals surface area contributed by atoms with Crippen molar-refractivity contribution in [2.24, 2.45) is 0 Å². The predicted molar refractivity (Wildman–Crippen MR) is 120 cm³/mol. The number of benzene rings is 3. The van der Waals surface area contributed by atoms with E-state index >= 15 is 0 Å². The Labute approximate surface area is 176 Å². The Bertz CT molecular complexity index is 1370. The number of Topliss-reactive ketones (excluding diaryl/α,β-unsaturated/α-hetero) is 1. The van der Waals surface area contributed by atoms with Crippen molar-refractivity contribution < 1.29 is 13.2 Å². The standard InChI is InChI=1S/C25H23NO3S/c1-17-13-14-20(18(2)15-17)16-24-25(19(3)27)22-11-7-8-12-23(22)26(24)30(28,29)21-9-5-4-6-10-21/h4-15H,16H2,1-3H3. The van der Waals surface area contributed by atoms with Crippen molar-refractivity contribution in [2.75, 3.05) is 0 Å². The number of hydrogen-bond acceptors (Lipinski definition) is 3. The quantitative estimate of drug-likeness (QED) is 0.415. The van der Waals surface area contributed by atoms with Crippen LogP contribution < -0.4 is 0 Å². The molecule has 30 heavy (non-hydrogen) atoms. The third kappa shape index (κ3) is 3.35. The minimum absolute atomic E-state index is 0.145. The first-order chi connectivity index (χ1) is 14.3. The van der Waals surface area contributed by atoms with Crippen molar-refractivity contribution >= 4 is 26.7 Å². The highest BCUT2D eigenvalue weighted by Crippen LogP contribution is 2.33. The molecule has 4 nitrogen and oxygen atoms in total. The molecule has 3 aromatic carbocycles. The number of carbonyl (C=O) groups excluding carboxylic acids is 1. The van der Waals surface area contributed by atoms with Gasteiger partial charge in [0, 0.05) is 17.4 Å². The number of ketones is 1. The summed E-state index contributed by atoms with van der Waals surface area (Å²) in [5, 5.41) is 0.657. The summed E-state index contributed by atoms with van der Waals surface area (Å²) in [7, 11) is -3.89. The summed E-state index contributed by atoms with van der Waals surface area (Å²) in [6.45, 7) is 5.52. The van der Waals surface area contributed by atoms with Gasteiger partial charge in [-0.3, -0.25) is 4.79 Å². The van der Waals surface area contributed by atoms with Gasteiger partial charge in [0.15, 0.2) is 5.78 Å². The molecule has 0 aliphatic heterocycles. The average Bonchev–Trinajstić information content (AvgIpc) is 3.05. The van der Waals surface area contributed by atoms with Crippen LogP contribution in [0.3, 0.4) is 0 Å². The molecule has 0 fully saturated rings. The largest absolute Gasteiger partial charge is 0.294 e. The van der Waals surface area contributed by atoms with Crippen molar-refractivity contribution in [2.45, 2.75) is 32.1 Å². The van der Waals surface area contributed by atoms with Crippen molar-refractivity contribution in [1.82, 2.24) is 3.97 Å². The maximum Gasteiger partial charge on any atom is 0.268 e. The van der Waals surface area contributed by atoms with Crippen LogP contribution in [0.25, 0.3) is 10.9 Å². The van der Waals surface area contributed by atoms with Gasteiger partial charge in [0.25, 0.3) is 10.0 Å². The fourth-order valence-electron chi connectivity index (χ4n) is 4.01. The summed E-state index contributed by atoms with van der Waals surface area (Å²) in [4.78, 5) is 12.9. The zero-order valence-corrected chi connectivity index (χ0v) is 18.0. The van der Waals surface area contributed by atoms with Crippen LogP contribution in [0.15, 0.2) is 77.7 Å². The topological polar surface area (TPSA) is 56.1 Å². The van der Waals surface area contributed by atoms with Crippen LogP contribution in [-0.2, 0) is 16.4 Å². The van der Waals surface area contributed by atoms with E-state index in [-0.39, 0.29) is 10.7 Å². The smallest absolute Gasteiger partial charge is 0.268 e. The van der Waals surface area contributed by atoms with Gasteiger partial charge < -0.3 is 0 Å². The molecule has 0 radical (unpaired) electrons. The van der Waals surface area contributed by atoms with Crippen LogP contribution in [0.1, 0.15) is 39.7 Å². The lowest BCUT2D eigenvalue weighted by Gasteiger charge is -2.14. The monoisotopic (exact) mass is 417 g/mol. The maximum atomic E-state index is 13.7. The molecule has 0 aliphatic carbocycles. The Morgan fingerprint density at radius 2 is 1.57 bits per heavy atom. The van der Waals surface area contributed by atoms with Crippen molar-refractivity contribution in [1.29, 1.82) is 0 Å². The zero-order valence-electron chi connectivity index (χ0n) is 17.2. The number of aryl methyl sites for hydroxylation is 2. The lowest BCUT2D eigenvalue weighted by molar-refractivity contribution is 0.101. The molecule has 1 heterocycles. The van der Waals surface area contributed by atoms with Gasteiger partial charge in [-0.25, -0.2) is 12.4 Å². The highest BCUT2D eigenvalue weighted by atomic mass is 32.2. The van der Waals surface area contributed by atoms with E-state index in [0.717, 1.165) is 16.7 Å². The first kappa shape index (κ1) is 20.1. The van der Waals surface area contributed by atoms with Crippen molar-refractivity contribution in [3.05, 3.63) is 101 Å². The molecule has 0 amide bonds. The molecule has 5 heteroatoms. The predicted octanol–water partition coefficient (Wildman–Crippen LogP) is 5.29. The number of hydrogen-bond donors (Lipinski definition) is 0. The highest BCUT2D eigenvalue weighted by Gasteiger charge is 2.28. The Kier molecular flexibility index (Phi) is 5.08. The minimum atomic E-state index is -3.89. The molecule has 152 valence electrons. The van der Waals surface area contributed by atoms with Crippen LogP contribution in [0.5, 0.6) is 0 Å². The first-order valence-electron chi connectivity index (χ1n) is 9.80. The Hall–Kier alpha value is -3.18. The highest BCUT2D eigenvalue weighted by molar-refractivity contribution is 7.90. The molecule has 0 saturated carbocycles.